The maximum atomic E-state index is 10.0. The minimum absolute atomic E-state index is 0.440. The molecule has 16 heavy (non-hydrogen) atoms. The molecule has 0 aromatic heterocycles. The highest BCUT2D eigenvalue weighted by Crippen LogP contribution is 2.27. The van der Waals surface area contributed by atoms with Crippen LogP contribution in [0, 0.1) is 0 Å². The van der Waals surface area contributed by atoms with Crippen LogP contribution in [0.3, 0.4) is 0 Å². The lowest BCUT2D eigenvalue weighted by Crippen LogP contribution is -2.45. The Morgan fingerprint density at radius 2 is 1.81 bits per heavy atom. The molecule has 4 nitrogen and oxygen atoms in total. The maximum absolute atomic E-state index is 10.0. The van der Waals surface area contributed by atoms with E-state index in [0.717, 1.165) is 15.4 Å². The minimum Gasteiger partial charge on any atom is -0.307 e. The van der Waals surface area contributed by atoms with E-state index in [1.165, 1.54) is 0 Å². The molecule has 1 aliphatic heterocycles. The Labute approximate surface area is 95.0 Å². The van der Waals surface area contributed by atoms with Crippen LogP contribution in [0.25, 0.3) is 0 Å². The van der Waals surface area contributed by atoms with Crippen LogP contribution in [-0.2, 0) is 0 Å². The van der Waals surface area contributed by atoms with Gasteiger partial charge in [-0.05, 0) is 30.7 Å². The fourth-order valence-electron chi connectivity index (χ4n) is 2.23. The van der Waals surface area contributed by atoms with E-state index >= 15 is 0 Å². The largest absolute Gasteiger partial charge is 0.307 e. The summed E-state index contributed by atoms with van der Waals surface area (Å²) in [6, 6.07) is 9.60. The van der Waals surface area contributed by atoms with Gasteiger partial charge in [-0.3, -0.25) is 5.21 Å². The quantitative estimate of drug-likeness (QED) is 0.560. The Bertz CT molecular complexity index is 426. The van der Waals surface area contributed by atoms with Crippen LogP contribution >= 0.6 is 0 Å². The van der Waals surface area contributed by atoms with Crippen LogP contribution in [0.4, 0.5) is 0 Å². The van der Waals surface area contributed by atoms with Gasteiger partial charge in [0, 0.05) is 12.5 Å². The second-order valence-electron chi connectivity index (χ2n) is 4.59. The Kier molecular flexibility index (Phi) is 2.48. The molecule has 1 aromatic carbocycles. The first-order valence-corrected chi connectivity index (χ1v) is 5.35. The summed E-state index contributed by atoms with van der Waals surface area (Å²) in [6.45, 7) is 5.50. The third kappa shape index (κ3) is 1.42. The van der Waals surface area contributed by atoms with Crippen LogP contribution in [0.5, 0.6) is 0 Å². The van der Waals surface area contributed by atoms with Gasteiger partial charge >= 0.3 is 0 Å². The predicted molar refractivity (Wildman–Crippen MR) is 59.8 cm³/mol. The summed E-state index contributed by atoms with van der Waals surface area (Å²) in [4.78, 5) is 0. The van der Waals surface area contributed by atoms with Crippen molar-refractivity contribution in [3.05, 3.63) is 35.9 Å². The first-order chi connectivity index (χ1) is 7.46. The van der Waals surface area contributed by atoms with E-state index in [1.54, 1.807) is 6.92 Å². The van der Waals surface area contributed by atoms with Crippen molar-refractivity contribution < 1.29 is 15.2 Å². The van der Waals surface area contributed by atoms with Crippen molar-refractivity contribution in [2.45, 2.75) is 32.5 Å². The predicted octanol–water partition coefficient (Wildman–Crippen LogP) is 1.71. The molecule has 1 unspecified atom stereocenters. The van der Waals surface area contributed by atoms with E-state index in [2.05, 4.69) is 0 Å². The minimum atomic E-state index is -0.602. The van der Waals surface area contributed by atoms with E-state index in [0.29, 0.717) is 5.71 Å². The molecule has 2 rings (SSSR count). The molecule has 4 heteroatoms. The van der Waals surface area contributed by atoms with Gasteiger partial charge in [-0.1, -0.05) is 18.2 Å². The molecule has 2 N–H and O–H groups in total. The summed E-state index contributed by atoms with van der Waals surface area (Å²) in [5.74, 6) is 0. The summed E-state index contributed by atoms with van der Waals surface area (Å²) < 4.78 is 1.12. The average Bonchev–Trinajstić information content (AvgIpc) is 2.41. The van der Waals surface area contributed by atoms with Crippen LogP contribution in [0.15, 0.2) is 30.3 Å². The lowest BCUT2D eigenvalue weighted by Gasteiger charge is -2.23. The summed E-state index contributed by atoms with van der Waals surface area (Å²) >= 11 is 0. The van der Waals surface area contributed by atoms with Crippen molar-refractivity contribution in [2.75, 3.05) is 0 Å². The molecule has 1 atom stereocenters. The third-order valence-corrected chi connectivity index (χ3v) is 3.14. The molecular formula is C12H17N2O2+. The molecule has 0 radical (unpaired) electrons. The molecule has 0 fully saturated rings. The van der Waals surface area contributed by atoms with Gasteiger partial charge in [0.2, 0.25) is 0 Å². The second kappa shape index (κ2) is 3.57. The molecule has 0 saturated heterocycles. The normalized spacial score (nSPS) is 25.1. The van der Waals surface area contributed by atoms with Crippen molar-refractivity contribution >= 4 is 5.71 Å². The van der Waals surface area contributed by atoms with Crippen LogP contribution < -0.4 is 0 Å². The highest BCUT2D eigenvalue weighted by atomic mass is 16.5. The topological polar surface area (TPSA) is 46.7 Å². The van der Waals surface area contributed by atoms with Crippen molar-refractivity contribution in [2.24, 2.45) is 0 Å². The third-order valence-electron chi connectivity index (χ3n) is 3.14. The van der Waals surface area contributed by atoms with Gasteiger partial charge in [0.15, 0.2) is 0 Å². The number of hydroxylamine groups is 3. The van der Waals surface area contributed by atoms with Gasteiger partial charge < -0.3 is 5.21 Å². The maximum Gasteiger partial charge on any atom is 0.276 e. The number of benzene rings is 1. The number of hydrogen-bond acceptors (Lipinski definition) is 3. The van der Waals surface area contributed by atoms with Crippen LogP contribution in [0.2, 0.25) is 0 Å². The first kappa shape index (κ1) is 11.1. The molecule has 1 aliphatic rings. The molecular weight excluding hydrogens is 204 g/mol. The van der Waals surface area contributed by atoms with Crippen molar-refractivity contribution in [1.82, 2.24) is 5.06 Å². The highest BCUT2D eigenvalue weighted by molar-refractivity contribution is 6.03. The first-order valence-electron chi connectivity index (χ1n) is 5.35. The summed E-state index contributed by atoms with van der Waals surface area (Å²) in [6.07, 6.45) is -0.440. The molecule has 0 amide bonds. The SMILES string of the molecule is CC1N(O)C(C)(C)C(c2ccccc2)=[N+]1O. The smallest absolute Gasteiger partial charge is 0.276 e. The summed E-state index contributed by atoms with van der Waals surface area (Å²) in [5.41, 5.74) is 1.02. The van der Waals surface area contributed by atoms with E-state index in [-0.39, 0.29) is 0 Å². The zero-order valence-electron chi connectivity index (χ0n) is 9.75. The van der Waals surface area contributed by atoms with Gasteiger partial charge in [-0.25, -0.2) is 0 Å². The lowest BCUT2D eigenvalue weighted by molar-refractivity contribution is -0.807. The fraction of sp³-hybridized carbons (Fsp3) is 0.417. The number of nitrogens with zero attached hydrogens (tertiary/aromatic N) is 2. The molecule has 0 aliphatic carbocycles. The Hall–Kier alpha value is -1.39. The second-order valence-corrected chi connectivity index (χ2v) is 4.59. The molecule has 0 spiro atoms. The monoisotopic (exact) mass is 221 g/mol. The Morgan fingerprint density at radius 3 is 2.25 bits per heavy atom. The van der Waals surface area contributed by atoms with Crippen molar-refractivity contribution in [3.63, 3.8) is 0 Å². The summed E-state index contributed by atoms with van der Waals surface area (Å²) in [5, 5.41) is 21.1. The number of rotatable bonds is 1. The highest BCUT2D eigenvalue weighted by Gasteiger charge is 2.53. The average molecular weight is 221 g/mol. The lowest BCUT2D eigenvalue weighted by atomic mass is 9.93. The standard InChI is InChI=1S/C12H17N2O2/c1-9-13(15)11(12(2,3)14(9)16)10-7-5-4-6-8-10/h4-9,15-16H,1-3H3/q+1. The Balaban J connectivity index is 2.55. The summed E-state index contributed by atoms with van der Waals surface area (Å²) in [7, 11) is 0. The van der Waals surface area contributed by atoms with Crippen molar-refractivity contribution in [3.8, 4) is 0 Å². The van der Waals surface area contributed by atoms with Crippen LogP contribution in [-0.4, -0.2) is 37.6 Å². The molecule has 0 bridgehead atoms. The van der Waals surface area contributed by atoms with Crippen molar-refractivity contribution in [1.29, 1.82) is 0 Å². The zero-order valence-corrected chi connectivity index (χ0v) is 9.75. The molecule has 0 saturated carbocycles. The number of hydrogen-bond donors (Lipinski definition) is 2. The fourth-order valence-corrected chi connectivity index (χ4v) is 2.23. The van der Waals surface area contributed by atoms with Gasteiger partial charge in [0.25, 0.3) is 11.9 Å². The van der Waals surface area contributed by atoms with E-state index in [9.17, 15) is 10.4 Å². The van der Waals surface area contributed by atoms with E-state index in [4.69, 9.17) is 0 Å². The van der Waals surface area contributed by atoms with E-state index < -0.39 is 11.7 Å². The van der Waals surface area contributed by atoms with Gasteiger partial charge in [-0.2, -0.15) is 0 Å². The molecule has 1 heterocycles. The molecule has 1 aromatic rings. The van der Waals surface area contributed by atoms with Gasteiger partial charge in [0.1, 0.15) is 5.54 Å². The van der Waals surface area contributed by atoms with Gasteiger partial charge in [0.05, 0.1) is 0 Å². The van der Waals surface area contributed by atoms with Gasteiger partial charge in [-0.15, -0.1) is 5.06 Å². The molecule has 86 valence electrons. The van der Waals surface area contributed by atoms with E-state index in [1.807, 2.05) is 44.2 Å². The Morgan fingerprint density at radius 1 is 1.25 bits per heavy atom. The zero-order chi connectivity index (χ0) is 11.9. The van der Waals surface area contributed by atoms with Crippen LogP contribution in [0.1, 0.15) is 26.3 Å².